The van der Waals surface area contributed by atoms with Crippen LogP contribution in [0.15, 0.2) is 18.2 Å². The molecule has 102 valence electrons. The molecule has 1 aromatic heterocycles. The Labute approximate surface area is 111 Å². The van der Waals surface area contributed by atoms with Gasteiger partial charge in [0.15, 0.2) is 0 Å². The number of esters is 1. The van der Waals surface area contributed by atoms with Gasteiger partial charge in [0.05, 0.1) is 19.2 Å². The van der Waals surface area contributed by atoms with E-state index >= 15 is 0 Å². The van der Waals surface area contributed by atoms with E-state index in [4.69, 9.17) is 15.2 Å². The van der Waals surface area contributed by atoms with Crippen molar-refractivity contribution >= 4 is 23.0 Å². The number of hydrogen-bond acceptors (Lipinski definition) is 5. The molecule has 2 N–H and O–H groups in total. The van der Waals surface area contributed by atoms with Crippen LogP contribution in [-0.4, -0.2) is 29.2 Å². The number of para-hydroxylation sites is 1. The Kier molecular flexibility index (Phi) is 3.59. The van der Waals surface area contributed by atoms with Crippen LogP contribution in [-0.2, 0) is 9.53 Å². The number of benzene rings is 1. The molecule has 0 aliphatic rings. The topological polar surface area (TPSA) is 79.4 Å². The monoisotopic (exact) mass is 263 g/mol. The highest BCUT2D eigenvalue weighted by atomic mass is 16.5. The van der Waals surface area contributed by atoms with Gasteiger partial charge < -0.3 is 15.2 Å². The van der Waals surface area contributed by atoms with Gasteiger partial charge in [-0.15, -0.1) is 0 Å². The maximum absolute atomic E-state index is 11.7. The van der Waals surface area contributed by atoms with Crippen LogP contribution in [0.5, 0.6) is 5.75 Å². The number of carbonyl (C=O) groups is 1. The SMILES string of the molecule is CCOc1cccc2c1nc(N)n2C(C)C(=O)OC. The average Bonchev–Trinajstić information content (AvgIpc) is 2.74. The molecule has 0 spiro atoms. The number of fused-ring (bicyclic) bond motifs is 1. The molecular weight excluding hydrogens is 246 g/mol. The molecular formula is C13H17N3O3. The molecule has 6 heteroatoms. The highest BCUT2D eigenvalue weighted by molar-refractivity contribution is 5.87. The molecule has 0 saturated heterocycles. The minimum absolute atomic E-state index is 0.264. The zero-order valence-corrected chi connectivity index (χ0v) is 11.2. The number of nitrogen functional groups attached to an aromatic ring is 1. The first-order valence-electron chi connectivity index (χ1n) is 6.07. The Balaban J connectivity index is 2.59. The van der Waals surface area contributed by atoms with Crippen molar-refractivity contribution in [1.82, 2.24) is 9.55 Å². The van der Waals surface area contributed by atoms with Gasteiger partial charge in [-0.3, -0.25) is 4.57 Å². The Bertz CT molecular complexity index is 606. The Hall–Kier alpha value is -2.24. The molecule has 0 saturated carbocycles. The summed E-state index contributed by atoms with van der Waals surface area (Å²) < 4.78 is 11.9. The molecule has 0 amide bonds. The van der Waals surface area contributed by atoms with Crippen molar-refractivity contribution in [2.24, 2.45) is 0 Å². The van der Waals surface area contributed by atoms with Gasteiger partial charge in [0.25, 0.3) is 0 Å². The lowest BCUT2D eigenvalue weighted by molar-refractivity contribution is -0.143. The minimum atomic E-state index is -0.535. The second-order valence-corrected chi connectivity index (χ2v) is 4.10. The highest BCUT2D eigenvalue weighted by Gasteiger charge is 2.22. The summed E-state index contributed by atoms with van der Waals surface area (Å²) in [5.41, 5.74) is 7.30. The minimum Gasteiger partial charge on any atom is -0.492 e. The van der Waals surface area contributed by atoms with E-state index in [1.165, 1.54) is 7.11 Å². The number of ether oxygens (including phenoxy) is 2. The summed E-state index contributed by atoms with van der Waals surface area (Å²) in [6.45, 7) is 4.16. The molecule has 6 nitrogen and oxygen atoms in total. The largest absolute Gasteiger partial charge is 0.492 e. The van der Waals surface area contributed by atoms with Gasteiger partial charge in [-0.05, 0) is 26.0 Å². The first kappa shape index (κ1) is 13.2. The van der Waals surface area contributed by atoms with Gasteiger partial charge in [-0.1, -0.05) is 6.07 Å². The summed E-state index contributed by atoms with van der Waals surface area (Å²) >= 11 is 0. The van der Waals surface area contributed by atoms with Crippen LogP contribution in [0.4, 0.5) is 5.95 Å². The number of aromatic nitrogens is 2. The van der Waals surface area contributed by atoms with Crippen LogP contribution < -0.4 is 10.5 Å². The summed E-state index contributed by atoms with van der Waals surface area (Å²) in [7, 11) is 1.35. The van der Waals surface area contributed by atoms with Gasteiger partial charge >= 0.3 is 5.97 Å². The Morgan fingerprint density at radius 3 is 2.89 bits per heavy atom. The van der Waals surface area contributed by atoms with Crippen molar-refractivity contribution < 1.29 is 14.3 Å². The van der Waals surface area contributed by atoms with Gasteiger partial charge in [-0.25, -0.2) is 9.78 Å². The summed E-state index contributed by atoms with van der Waals surface area (Å²) in [6, 6.07) is 4.98. The van der Waals surface area contributed by atoms with Gasteiger partial charge in [-0.2, -0.15) is 0 Å². The van der Waals surface area contributed by atoms with Crippen molar-refractivity contribution in [3.63, 3.8) is 0 Å². The van der Waals surface area contributed by atoms with E-state index in [0.29, 0.717) is 17.9 Å². The fourth-order valence-electron chi connectivity index (χ4n) is 2.06. The molecule has 1 unspecified atom stereocenters. The molecule has 0 fully saturated rings. The van der Waals surface area contributed by atoms with Gasteiger partial charge in [0, 0.05) is 0 Å². The third-order valence-electron chi connectivity index (χ3n) is 2.94. The Morgan fingerprint density at radius 1 is 1.53 bits per heavy atom. The van der Waals surface area contributed by atoms with Gasteiger partial charge in [0.2, 0.25) is 5.95 Å². The lowest BCUT2D eigenvalue weighted by Crippen LogP contribution is -2.19. The van der Waals surface area contributed by atoms with Crippen LogP contribution in [0.3, 0.4) is 0 Å². The molecule has 2 aromatic rings. The molecule has 0 aliphatic heterocycles. The molecule has 0 radical (unpaired) electrons. The predicted molar refractivity (Wildman–Crippen MR) is 72.0 cm³/mol. The third kappa shape index (κ3) is 2.21. The van der Waals surface area contributed by atoms with E-state index in [9.17, 15) is 4.79 Å². The van der Waals surface area contributed by atoms with Crippen molar-refractivity contribution in [1.29, 1.82) is 0 Å². The second kappa shape index (κ2) is 5.17. The number of nitrogens with zero attached hydrogens (tertiary/aromatic N) is 2. The predicted octanol–water partition coefficient (Wildman–Crippen LogP) is 1.75. The van der Waals surface area contributed by atoms with Gasteiger partial charge in [0.1, 0.15) is 17.3 Å². The van der Waals surface area contributed by atoms with Crippen molar-refractivity contribution in [3.05, 3.63) is 18.2 Å². The van der Waals surface area contributed by atoms with Crippen LogP contribution in [0.25, 0.3) is 11.0 Å². The second-order valence-electron chi connectivity index (χ2n) is 4.10. The molecule has 0 aliphatic carbocycles. The van der Waals surface area contributed by atoms with Crippen molar-refractivity contribution in [3.8, 4) is 5.75 Å². The lowest BCUT2D eigenvalue weighted by Gasteiger charge is -2.13. The van der Waals surface area contributed by atoms with E-state index in [0.717, 1.165) is 5.52 Å². The number of hydrogen-bond donors (Lipinski definition) is 1. The van der Waals surface area contributed by atoms with E-state index in [1.807, 2.05) is 25.1 Å². The standard InChI is InChI=1S/C13H17N3O3/c1-4-19-10-7-5-6-9-11(10)15-13(14)16(9)8(2)12(17)18-3/h5-8H,4H2,1-3H3,(H2,14,15). The van der Waals surface area contributed by atoms with E-state index in [2.05, 4.69) is 4.98 Å². The molecule has 1 aromatic carbocycles. The molecule has 1 heterocycles. The van der Waals surface area contributed by atoms with Crippen molar-refractivity contribution in [2.45, 2.75) is 19.9 Å². The van der Waals surface area contributed by atoms with E-state index < -0.39 is 6.04 Å². The fraction of sp³-hybridized carbons (Fsp3) is 0.385. The first-order valence-corrected chi connectivity index (χ1v) is 6.07. The highest BCUT2D eigenvalue weighted by Crippen LogP contribution is 2.29. The summed E-state index contributed by atoms with van der Waals surface area (Å²) in [6.07, 6.45) is 0. The van der Waals surface area contributed by atoms with Crippen LogP contribution in [0.1, 0.15) is 19.9 Å². The molecule has 19 heavy (non-hydrogen) atoms. The van der Waals surface area contributed by atoms with Crippen LogP contribution in [0, 0.1) is 0 Å². The first-order chi connectivity index (χ1) is 9.10. The van der Waals surface area contributed by atoms with Crippen molar-refractivity contribution in [2.75, 3.05) is 19.5 Å². The zero-order chi connectivity index (χ0) is 14.0. The Morgan fingerprint density at radius 2 is 2.26 bits per heavy atom. The van der Waals surface area contributed by atoms with Crippen LogP contribution >= 0.6 is 0 Å². The summed E-state index contributed by atoms with van der Waals surface area (Å²) in [4.78, 5) is 15.9. The zero-order valence-electron chi connectivity index (χ0n) is 11.2. The molecule has 1 atom stereocenters. The number of anilines is 1. The summed E-state index contributed by atoms with van der Waals surface area (Å²) in [5.74, 6) is 0.551. The summed E-state index contributed by atoms with van der Waals surface area (Å²) in [5, 5.41) is 0. The smallest absolute Gasteiger partial charge is 0.328 e. The van der Waals surface area contributed by atoms with Crippen LogP contribution in [0.2, 0.25) is 0 Å². The molecule has 2 rings (SSSR count). The number of carbonyl (C=O) groups excluding carboxylic acids is 1. The number of imidazole rings is 1. The average molecular weight is 263 g/mol. The normalized spacial score (nSPS) is 12.4. The van der Waals surface area contributed by atoms with E-state index in [1.54, 1.807) is 11.5 Å². The third-order valence-corrected chi connectivity index (χ3v) is 2.94. The van der Waals surface area contributed by atoms with E-state index in [-0.39, 0.29) is 11.9 Å². The number of rotatable bonds is 4. The number of methoxy groups -OCH3 is 1. The fourth-order valence-corrected chi connectivity index (χ4v) is 2.06. The quantitative estimate of drug-likeness (QED) is 0.850. The lowest BCUT2D eigenvalue weighted by atomic mass is 10.2. The maximum atomic E-state index is 11.7. The number of nitrogens with two attached hydrogens (primary N) is 1. The maximum Gasteiger partial charge on any atom is 0.328 e. The molecule has 0 bridgehead atoms.